The first-order valence-electron chi connectivity index (χ1n) is 8.78. The summed E-state index contributed by atoms with van der Waals surface area (Å²) < 4.78 is 15.3. The summed E-state index contributed by atoms with van der Waals surface area (Å²) >= 11 is 1.65. The van der Waals surface area contributed by atoms with E-state index in [1.54, 1.807) is 11.8 Å². The third-order valence-electron chi connectivity index (χ3n) is 4.37. The van der Waals surface area contributed by atoms with E-state index in [1.807, 2.05) is 36.5 Å². The van der Waals surface area contributed by atoms with Crippen LogP contribution in [0.5, 0.6) is 0 Å². The fraction of sp³-hybridized carbons (Fsp3) is 0.0870. The Kier molecular flexibility index (Phi) is 5.07. The first kappa shape index (κ1) is 17.6. The summed E-state index contributed by atoms with van der Waals surface area (Å²) in [5, 5.41) is 0.919. The highest BCUT2D eigenvalue weighted by molar-refractivity contribution is 7.98. The second-order valence-corrected chi connectivity index (χ2v) is 7.32. The zero-order valence-corrected chi connectivity index (χ0v) is 15.8. The highest BCUT2D eigenvalue weighted by Crippen LogP contribution is 2.31. The van der Waals surface area contributed by atoms with Gasteiger partial charge in [0.2, 0.25) is 0 Å². The number of aromatic nitrogens is 2. The minimum Gasteiger partial charge on any atom is -0.287 e. The molecule has 4 rings (SSSR count). The van der Waals surface area contributed by atoms with Crippen LogP contribution in [-0.2, 0) is 5.75 Å². The van der Waals surface area contributed by atoms with E-state index >= 15 is 0 Å². The minimum absolute atomic E-state index is 0.212. The van der Waals surface area contributed by atoms with Crippen LogP contribution in [0.15, 0.2) is 90.2 Å². The molecule has 134 valence electrons. The maximum atomic E-state index is 13.1. The lowest BCUT2D eigenvalue weighted by Gasteiger charge is -2.12. The van der Waals surface area contributed by atoms with Gasteiger partial charge in [0.15, 0.2) is 5.16 Å². The number of aryl methyl sites for hydroxylation is 1. The quantitative estimate of drug-likeness (QED) is 0.383. The Bertz CT molecular complexity index is 1020. The molecule has 3 aromatic carbocycles. The van der Waals surface area contributed by atoms with E-state index in [9.17, 15) is 4.39 Å². The fourth-order valence-electron chi connectivity index (χ4n) is 2.92. The summed E-state index contributed by atoms with van der Waals surface area (Å²) in [6, 6.07) is 25.4. The third-order valence-corrected chi connectivity index (χ3v) is 5.40. The largest absolute Gasteiger partial charge is 0.287 e. The van der Waals surface area contributed by atoms with Crippen LogP contribution < -0.4 is 0 Å². The first-order valence-corrected chi connectivity index (χ1v) is 9.77. The van der Waals surface area contributed by atoms with Crippen LogP contribution in [0.2, 0.25) is 0 Å². The van der Waals surface area contributed by atoms with Gasteiger partial charge in [-0.1, -0.05) is 71.9 Å². The van der Waals surface area contributed by atoms with Crippen molar-refractivity contribution in [3.63, 3.8) is 0 Å². The van der Waals surface area contributed by atoms with Crippen LogP contribution in [0.25, 0.3) is 16.9 Å². The molecule has 4 heteroatoms. The molecule has 27 heavy (non-hydrogen) atoms. The highest BCUT2D eigenvalue weighted by Gasteiger charge is 2.14. The summed E-state index contributed by atoms with van der Waals surface area (Å²) in [5.74, 6) is 0.522. The number of benzene rings is 3. The van der Waals surface area contributed by atoms with Crippen LogP contribution in [0.3, 0.4) is 0 Å². The molecule has 0 aliphatic carbocycles. The highest BCUT2D eigenvalue weighted by atomic mass is 32.2. The van der Waals surface area contributed by atoms with Crippen molar-refractivity contribution in [1.29, 1.82) is 0 Å². The number of nitrogens with zero attached hydrogens (tertiary/aromatic N) is 2. The van der Waals surface area contributed by atoms with E-state index in [-0.39, 0.29) is 5.82 Å². The van der Waals surface area contributed by atoms with Crippen molar-refractivity contribution < 1.29 is 4.39 Å². The van der Waals surface area contributed by atoms with E-state index in [0.29, 0.717) is 0 Å². The average molecular weight is 374 g/mol. The van der Waals surface area contributed by atoms with Gasteiger partial charge in [-0.05, 0) is 36.8 Å². The summed E-state index contributed by atoms with van der Waals surface area (Å²) in [6.07, 6.45) is 1.92. The van der Waals surface area contributed by atoms with Crippen LogP contribution in [-0.4, -0.2) is 9.55 Å². The molecule has 0 saturated carbocycles. The summed E-state index contributed by atoms with van der Waals surface area (Å²) in [6.45, 7) is 2.08. The minimum atomic E-state index is -0.212. The van der Waals surface area contributed by atoms with Gasteiger partial charge in [-0.15, -0.1) is 0 Å². The van der Waals surface area contributed by atoms with E-state index in [2.05, 4.69) is 52.9 Å². The molecule has 0 bridgehead atoms. The maximum absolute atomic E-state index is 13.1. The second-order valence-electron chi connectivity index (χ2n) is 6.38. The summed E-state index contributed by atoms with van der Waals surface area (Å²) in [5.41, 5.74) is 5.56. The number of hydrogen-bond donors (Lipinski definition) is 0. The molecule has 0 atom stereocenters. The molecule has 1 heterocycles. The van der Waals surface area contributed by atoms with Crippen LogP contribution in [0.4, 0.5) is 4.39 Å². The molecule has 0 amide bonds. The molecule has 0 unspecified atom stereocenters. The molecular weight excluding hydrogens is 355 g/mol. The monoisotopic (exact) mass is 374 g/mol. The molecule has 0 aliphatic heterocycles. The molecule has 0 N–H and O–H groups in total. The lowest BCUT2D eigenvalue weighted by Crippen LogP contribution is -1.99. The van der Waals surface area contributed by atoms with Gasteiger partial charge in [-0.25, -0.2) is 9.37 Å². The third kappa shape index (κ3) is 3.96. The molecule has 0 saturated heterocycles. The van der Waals surface area contributed by atoms with Gasteiger partial charge in [0.25, 0.3) is 0 Å². The van der Waals surface area contributed by atoms with Gasteiger partial charge < -0.3 is 0 Å². The SMILES string of the molecule is Cc1ccc(-n2c(-c3ccccc3)cnc2SCc2ccc(F)cc2)cc1. The topological polar surface area (TPSA) is 17.8 Å². The summed E-state index contributed by atoms with van der Waals surface area (Å²) in [4.78, 5) is 4.68. The van der Waals surface area contributed by atoms with Crippen molar-refractivity contribution in [3.05, 3.63) is 102 Å². The molecule has 0 radical (unpaired) electrons. The van der Waals surface area contributed by atoms with Crippen molar-refractivity contribution in [2.24, 2.45) is 0 Å². The van der Waals surface area contributed by atoms with Crippen LogP contribution in [0, 0.1) is 12.7 Å². The first-order chi connectivity index (χ1) is 13.2. The van der Waals surface area contributed by atoms with Gasteiger partial charge >= 0.3 is 0 Å². The normalized spacial score (nSPS) is 10.9. The standard InChI is InChI=1S/C23H19FN2S/c1-17-7-13-21(14-8-17)26-22(19-5-3-2-4-6-19)15-25-23(26)27-16-18-9-11-20(24)12-10-18/h2-15H,16H2,1H3. The number of rotatable bonds is 5. The molecular formula is C23H19FN2S. The van der Waals surface area contributed by atoms with Crippen LogP contribution in [0.1, 0.15) is 11.1 Å². The van der Waals surface area contributed by atoms with Crippen molar-refractivity contribution in [1.82, 2.24) is 9.55 Å². The van der Waals surface area contributed by atoms with Crippen LogP contribution >= 0.6 is 11.8 Å². The Balaban J connectivity index is 1.71. The average Bonchev–Trinajstić information content (AvgIpc) is 3.13. The number of halogens is 1. The lowest BCUT2D eigenvalue weighted by molar-refractivity contribution is 0.627. The molecule has 0 aliphatic rings. The van der Waals surface area contributed by atoms with E-state index < -0.39 is 0 Å². The van der Waals surface area contributed by atoms with Gasteiger partial charge in [0.05, 0.1) is 11.9 Å². The Morgan fingerprint density at radius 1 is 0.889 bits per heavy atom. The van der Waals surface area contributed by atoms with Crippen molar-refractivity contribution in [2.75, 3.05) is 0 Å². The fourth-order valence-corrected chi connectivity index (χ4v) is 3.87. The van der Waals surface area contributed by atoms with Crippen molar-refractivity contribution >= 4 is 11.8 Å². The summed E-state index contributed by atoms with van der Waals surface area (Å²) in [7, 11) is 0. The van der Waals surface area contributed by atoms with Crippen molar-refractivity contribution in [3.8, 4) is 16.9 Å². The van der Waals surface area contributed by atoms with E-state index in [0.717, 1.165) is 33.4 Å². The predicted octanol–water partition coefficient (Wildman–Crippen LogP) is 6.28. The maximum Gasteiger partial charge on any atom is 0.173 e. The Morgan fingerprint density at radius 3 is 2.30 bits per heavy atom. The number of imidazole rings is 1. The Labute approximate surface area is 162 Å². The predicted molar refractivity (Wildman–Crippen MR) is 110 cm³/mol. The van der Waals surface area contributed by atoms with Crippen molar-refractivity contribution in [2.45, 2.75) is 17.8 Å². The lowest BCUT2D eigenvalue weighted by atomic mass is 10.1. The second kappa shape index (κ2) is 7.80. The Hall–Kier alpha value is -2.85. The zero-order valence-electron chi connectivity index (χ0n) is 15.0. The zero-order chi connectivity index (χ0) is 18.6. The van der Waals surface area contributed by atoms with Gasteiger partial charge in [0, 0.05) is 17.0 Å². The molecule has 2 nitrogen and oxygen atoms in total. The van der Waals surface area contributed by atoms with E-state index in [1.165, 1.54) is 17.7 Å². The van der Waals surface area contributed by atoms with Gasteiger partial charge in [0.1, 0.15) is 5.82 Å². The van der Waals surface area contributed by atoms with E-state index in [4.69, 9.17) is 0 Å². The van der Waals surface area contributed by atoms with Gasteiger partial charge in [-0.2, -0.15) is 0 Å². The number of thioether (sulfide) groups is 1. The molecule has 0 fully saturated rings. The Morgan fingerprint density at radius 2 is 1.59 bits per heavy atom. The molecule has 0 spiro atoms. The molecule has 4 aromatic rings. The van der Waals surface area contributed by atoms with Gasteiger partial charge in [-0.3, -0.25) is 4.57 Å². The number of hydrogen-bond acceptors (Lipinski definition) is 2. The smallest absolute Gasteiger partial charge is 0.173 e. The molecule has 1 aromatic heterocycles.